The Labute approximate surface area is 120 Å². The molecule has 0 aliphatic rings. The van der Waals surface area contributed by atoms with Crippen LogP contribution in [0.5, 0.6) is 0 Å². The zero-order chi connectivity index (χ0) is 13.7. The van der Waals surface area contributed by atoms with Gasteiger partial charge in [0.2, 0.25) is 0 Å². The summed E-state index contributed by atoms with van der Waals surface area (Å²) < 4.78 is 0. The third-order valence-electron chi connectivity index (χ3n) is 3.53. The summed E-state index contributed by atoms with van der Waals surface area (Å²) in [5.74, 6) is 0. The van der Waals surface area contributed by atoms with E-state index in [1.54, 1.807) is 11.3 Å². The lowest BCUT2D eigenvalue weighted by Gasteiger charge is -2.19. The summed E-state index contributed by atoms with van der Waals surface area (Å²) in [6.07, 6.45) is 2.26. The molecule has 19 heavy (non-hydrogen) atoms. The van der Waals surface area contributed by atoms with Gasteiger partial charge in [0, 0.05) is 0 Å². The van der Waals surface area contributed by atoms with Gasteiger partial charge in [-0.25, -0.2) is 0 Å². The molecule has 0 saturated heterocycles. The summed E-state index contributed by atoms with van der Waals surface area (Å²) in [4.78, 5) is 0. The molecular weight excluding hydrogens is 250 g/mol. The van der Waals surface area contributed by atoms with Crippen molar-refractivity contribution < 1.29 is 0 Å². The quantitative estimate of drug-likeness (QED) is 0.804. The lowest BCUT2D eigenvalue weighted by atomic mass is 9.97. The summed E-state index contributed by atoms with van der Waals surface area (Å²) >= 11 is 1.79. The van der Waals surface area contributed by atoms with Crippen molar-refractivity contribution in [3.8, 4) is 0 Å². The van der Waals surface area contributed by atoms with E-state index in [-0.39, 0.29) is 0 Å². The van der Waals surface area contributed by atoms with Crippen molar-refractivity contribution in [3.05, 3.63) is 57.3 Å². The molecule has 1 heterocycles. The van der Waals surface area contributed by atoms with Gasteiger partial charge >= 0.3 is 0 Å². The van der Waals surface area contributed by atoms with Crippen LogP contribution < -0.4 is 5.32 Å². The summed E-state index contributed by atoms with van der Waals surface area (Å²) in [6, 6.07) is 9.36. The second-order valence-electron chi connectivity index (χ2n) is 4.99. The molecule has 0 bridgehead atoms. The van der Waals surface area contributed by atoms with Gasteiger partial charge in [0.05, 0.1) is 6.04 Å². The average Bonchev–Trinajstić information content (AvgIpc) is 2.86. The van der Waals surface area contributed by atoms with E-state index in [9.17, 15) is 0 Å². The Morgan fingerprint density at radius 2 is 1.84 bits per heavy atom. The van der Waals surface area contributed by atoms with Gasteiger partial charge in [-0.1, -0.05) is 38.1 Å². The van der Waals surface area contributed by atoms with E-state index in [0.717, 1.165) is 19.4 Å². The highest BCUT2D eigenvalue weighted by Gasteiger charge is 2.15. The summed E-state index contributed by atoms with van der Waals surface area (Å²) in [5, 5.41) is 8.18. The topological polar surface area (TPSA) is 12.0 Å². The molecule has 2 rings (SSSR count). The van der Waals surface area contributed by atoms with E-state index in [4.69, 9.17) is 0 Å². The largest absolute Gasteiger partial charge is 0.306 e. The molecule has 0 aliphatic heterocycles. The Bertz CT molecular complexity index is 498. The van der Waals surface area contributed by atoms with Crippen molar-refractivity contribution in [2.45, 2.75) is 39.7 Å². The summed E-state index contributed by atoms with van der Waals surface area (Å²) in [6.45, 7) is 7.66. The first-order valence-electron chi connectivity index (χ1n) is 7.11. The Hall–Kier alpha value is -1.12. The Morgan fingerprint density at radius 3 is 2.37 bits per heavy atom. The van der Waals surface area contributed by atoms with Crippen molar-refractivity contribution in [3.63, 3.8) is 0 Å². The highest BCUT2D eigenvalue weighted by molar-refractivity contribution is 7.08. The average molecular weight is 273 g/mol. The van der Waals surface area contributed by atoms with Gasteiger partial charge in [0.15, 0.2) is 0 Å². The molecule has 2 aromatic rings. The van der Waals surface area contributed by atoms with Crippen molar-refractivity contribution in [1.82, 2.24) is 5.32 Å². The van der Waals surface area contributed by atoms with Crippen LogP contribution >= 0.6 is 11.3 Å². The summed E-state index contributed by atoms with van der Waals surface area (Å²) in [5.41, 5.74) is 5.58. The fourth-order valence-electron chi connectivity index (χ4n) is 2.31. The molecule has 1 aromatic carbocycles. The molecular formula is C17H23NS. The van der Waals surface area contributed by atoms with Gasteiger partial charge in [-0.2, -0.15) is 11.3 Å². The molecule has 1 nitrogen and oxygen atoms in total. The first-order chi connectivity index (χ1) is 9.26. The predicted octanol–water partition coefficient (Wildman–Crippen LogP) is 4.71. The monoisotopic (exact) mass is 273 g/mol. The zero-order valence-electron chi connectivity index (χ0n) is 12.1. The number of aryl methyl sites for hydroxylation is 2. The first-order valence-corrected chi connectivity index (χ1v) is 8.05. The van der Waals surface area contributed by atoms with Gasteiger partial charge < -0.3 is 5.32 Å². The zero-order valence-corrected chi connectivity index (χ0v) is 12.9. The van der Waals surface area contributed by atoms with Crippen molar-refractivity contribution >= 4 is 11.3 Å². The Morgan fingerprint density at radius 1 is 1.11 bits per heavy atom. The number of thiophene rings is 1. The van der Waals surface area contributed by atoms with E-state index in [1.807, 2.05) is 0 Å². The van der Waals surface area contributed by atoms with Crippen LogP contribution in [-0.2, 0) is 6.42 Å². The van der Waals surface area contributed by atoms with Crippen LogP contribution in [0.15, 0.2) is 35.0 Å². The maximum atomic E-state index is 3.67. The molecule has 0 aliphatic carbocycles. The second-order valence-corrected chi connectivity index (χ2v) is 5.74. The Kier molecular flexibility index (Phi) is 5.17. The molecule has 1 atom stereocenters. The van der Waals surface area contributed by atoms with Gasteiger partial charge in [-0.05, 0) is 59.3 Å². The SMILES string of the molecule is CCCNC(c1ccc(CC)cc1)c1cscc1C. The normalized spacial score (nSPS) is 12.6. The smallest absolute Gasteiger partial charge is 0.0587 e. The molecule has 102 valence electrons. The fourth-order valence-corrected chi connectivity index (χ4v) is 3.18. The van der Waals surface area contributed by atoms with E-state index in [1.165, 1.54) is 22.3 Å². The van der Waals surface area contributed by atoms with Crippen molar-refractivity contribution in [2.24, 2.45) is 0 Å². The van der Waals surface area contributed by atoms with Crippen molar-refractivity contribution in [2.75, 3.05) is 6.54 Å². The number of benzene rings is 1. The van der Waals surface area contributed by atoms with Crippen LogP contribution in [0.25, 0.3) is 0 Å². The van der Waals surface area contributed by atoms with Crippen LogP contribution in [0.3, 0.4) is 0 Å². The van der Waals surface area contributed by atoms with Crippen molar-refractivity contribution in [1.29, 1.82) is 0 Å². The molecule has 1 aromatic heterocycles. The lowest BCUT2D eigenvalue weighted by Crippen LogP contribution is -2.23. The third-order valence-corrected chi connectivity index (χ3v) is 4.41. The minimum absolute atomic E-state index is 0.331. The minimum atomic E-state index is 0.331. The van der Waals surface area contributed by atoms with Crippen LogP contribution in [0.1, 0.15) is 48.6 Å². The molecule has 0 saturated carbocycles. The number of rotatable bonds is 6. The maximum absolute atomic E-state index is 3.67. The molecule has 0 fully saturated rings. The molecule has 2 heteroatoms. The fraction of sp³-hybridized carbons (Fsp3) is 0.412. The number of hydrogen-bond donors (Lipinski definition) is 1. The van der Waals surface area contributed by atoms with Crippen LogP contribution in [0.2, 0.25) is 0 Å². The summed E-state index contributed by atoms with van der Waals surface area (Å²) in [7, 11) is 0. The lowest BCUT2D eigenvalue weighted by molar-refractivity contribution is 0.598. The van der Waals surface area contributed by atoms with Gasteiger partial charge in [0.1, 0.15) is 0 Å². The molecule has 1 unspecified atom stereocenters. The van der Waals surface area contributed by atoms with Gasteiger partial charge in [0.25, 0.3) is 0 Å². The predicted molar refractivity (Wildman–Crippen MR) is 85.0 cm³/mol. The Balaban J connectivity index is 2.28. The number of hydrogen-bond acceptors (Lipinski definition) is 2. The second kappa shape index (κ2) is 6.88. The third kappa shape index (κ3) is 3.46. The van der Waals surface area contributed by atoms with E-state index < -0.39 is 0 Å². The molecule has 0 amide bonds. The molecule has 1 N–H and O–H groups in total. The van der Waals surface area contributed by atoms with E-state index >= 15 is 0 Å². The van der Waals surface area contributed by atoms with Crippen LogP contribution in [0, 0.1) is 6.92 Å². The number of nitrogens with one attached hydrogen (secondary N) is 1. The van der Waals surface area contributed by atoms with Gasteiger partial charge in [-0.3, -0.25) is 0 Å². The molecule has 0 spiro atoms. The van der Waals surface area contributed by atoms with Gasteiger partial charge in [-0.15, -0.1) is 0 Å². The maximum Gasteiger partial charge on any atom is 0.0587 e. The molecule has 0 radical (unpaired) electrons. The van der Waals surface area contributed by atoms with Crippen LogP contribution in [-0.4, -0.2) is 6.54 Å². The minimum Gasteiger partial charge on any atom is -0.306 e. The van der Waals surface area contributed by atoms with E-state index in [0.29, 0.717) is 6.04 Å². The highest BCUT2D eigenvalue weighted by atomic mass is 32.1. The van der Waals surface area contributed by atoms with Crippen LogP contribution in [0.4, 0.5) is 0 Å². The van der Waals surface area contributed by atoms with E-state index in [2.05, 4.69) is 61.1 Å². The highest BCUT2D eigenvalue weighted by Crippen LogP contribution is 2.28. The first kappa shape index (κ1) is 14.3. The standard InChI is InChI=1S/C17H23NS/c1-4-10-18-17(16-12-19-11-13(16)3)15-8-6-14(5-2)7-9-15/h6-9,11-12,17-18H,4-5,10H2,1-3H3.